The average molecular weight is 509 g/mol. The highest BCUT2D eigenvalue weighted by Gasteiger charge is 2.32. The number of para-hydroxylation sites is 1. The Morgan fingerprint density at radius 3 is 2.38 bits per heavy atom. The highest BCUT2D eigenvalue weighted by Crippen LogP contribution is 2.27. The number of anilines is 1. The number of fused-ring (bicyclic) bond motifs is 1. The summed E-state index contributed by atoms with van der Waals surface area (Å²) < 4.78 is 40.8. The van der Waals surface area contributed by atoms with E-state index >= 15 is 0 Å². The van der Waals surface area contributed by atoms with Crippen LogP contribution in [0, 0.1) is 17.5 Å². The van der Waals surface area contributed by atoms with E-state index in [9.17, 15) is 27.6 Å². The van der Waals surface area contributed by atoms with Crippen molar-refractivity contribution < 1.29 is 27.6 Å². The van der Waals surface area contributed by atoms with Crippen molar-refractivity contribution in [1.29, 1.82) is 0 Å². The molecule has 7 nitrogen and oxygen atoms in total. The number of likely N-dealkylation sites (N-methyl/N-ethyl adjacent to an activating group) is 1. The SMILES string of the molecule is C[C@H](NC(=O)Cc1cc(F)cc(F)c1)C(=O)NC1N=C(c2cccc(F)c2)c2ccccc2N(C)C1=O. The van der Waals surface area contributed by atoms with E-state index < -0.39 is 47.4 Å². The largest absolute Gasteiger partial charge is 0.344 e. The number of hydrogen-bond acceptors (Lipinski definition) is 4. The molecule has 10 heteroatoms. The van der Waals surface area contributed by atoms with Crippen molar-refractivity contribution in [3.63, 3.8) is 0 Å². The monoisotopic (exact) mass is 508 g/mol. The van der Waals surface area contributed by atoms with Crippen LogP contribution in [0.2, 0.25) is 0 Å². The lowest BCUT2D eigenvalue weighted by molar-refractivity contribution is -0.130. The number of benzene rings is 3. The average Bonchev–Trinajstić information content (AvgIpc) is 2.94. The Morgan fingerprint density at radius 2 is 1.68 bits per heavy atom. The molecule has 2 N–H and O–H groups in total. The maximum Gasteiger partial charge on any atom is 0.272 e. The molecular weight excluding hydrogens is 485 g/mol. The molecule has 0 saturated carbocycles. The number of carbonyl (C=O) groups is 3. The van der Waals surface area contributed by atoms with Crippen molar-refractivity contribution in [2.24, 2.45) is 4.99 Å². The molecule has 0 bridgehead atoms. The fourth-order valence-corrected chi connectivity index (χ4v) is 4.00. The van der Waals surface area contributed by atoms with Crippen LogP contribution in [0.4, 0.5) is 18.9 Å². The molecule has 3 aromatic rings. The topological polar surface area (TPSA) is 90.9 Å². The Bertz CT molecular complexity index is 1390. The Labute approximate surface area is 211 Å². The Kier molecular flexibility index (Phi) is 7.37. The molecule has 0 spiro atoms. The lowest BCUT2D eigenvalue weighted by atomic mass is 10.0. The van der Waals surface area contributed by atoms with Crippen LogP contribution in [0.1, 0.15) is 23.6 Å². The smallest absolute Gasteiger partial charge is 0.272 e. The summed E-state index contributed by atoms with van der Waals surface area (Å²) >= 11 is 0. The summed E-state index contributed by atoms with van der Waals surface area (Å²) in [6.45, 7) is 1.40. The van der Waals surface area contributed by atoms with E-state index in [1.54, 1.807) is 30.3 Å². The molecule has 0 radical (unpaired) electrons. The van der Waals surface area contributed by atoms with Crippen molar-refractivity contribution in [2.75, 3.05) is 11.9 Å². The van der Waals surface area contributed by atoms with Gasteiger partial charge in [0, 0.05) is 24.2 Å². The zero-order valence-electron chi connectivity index (χ0n) is 20.0. The van der Waals surface area contributed by atoms with Gasteiger partial charge in [-0.3, -0.25) is 14.4 Å². The maximum absolute atomic E-state index is 14.0. The highest BCUT2D eigenvalue weighted by molar-refractivity contribution is 6.20. The second-order valence-corrected chi connectivity index (χ2v) is 8.56. The Hall–Kier alpha value is -4.47. The summed E-state index contributed by atoms with van der Waals surface area (Å²) in [5.74, 6) is -4.03. The van der Waals surface area contributed by atoms with Crippen LogP contribution < -0.4 is 15.5 Å². The number of nitrogens with zero attached hydrogens (tertiary/aromatic N) is 2. The number of rotatable bonds is 6. The quantitative estimate of drug-likeness (QED) is 0.536. The van der Waals surface area contributed by atoms with Crippen LogP contribution in [0.25, 0.3) is 0 Å². The third-order valence-corrected chi connectivity index (χ3v) is 5.78. The number of hydrogen-bond donors (Lipinski definition) is 2. The van der Waals surface area contributed by atoms with Gasteiger partial charge >= 0.3 is 0 Å². The minimum Gasteiger partial charge on any atom is -0.344 e. The van der Waals surface area contributed by atoms with Gasteiger partial charge in [0.1, 0.15) is 23.5 Å². The second kappa shape index (κ2) is 10.7. The molecule has 0 aromatic heterocycles. The van der Waals surface area contributed by atoms with Crippen LogP contribution in [0.3, 0.4) is 0 Å². The first kappa shape index (κ1) is 25.6. The minimum atomic E-state index is -1.36. The predicted molar refractivity (Wildman–Crippen MR) is 131 cm³/mol. The fraction of sp³-hybridized carbons (Fsp3) is 0.185. The zero-order valence-corrected chi connectivity index (χ0v) is 20.0. The van der Waals surface area contributed by atoms with Gasteiger partial charge < -0.3 is 15.5 Å². The number of nitrogens with one attached hydrogen (secondary N) is 2. The van der Waals surface area contributed by atoms with Crippen LogP contribution in [-0.2, 0) is 20.8 Å². The van der Waals surface area contributed by atoms with Gasteiger partial charge in [0.05, 0.1) is 17.8 Å². The van der Waals surface area contributed by atoms with E-state index in [2.05, 4.69) is 15.6 Å². The molecule has 4 rings (SSSR count). The predicted octanol–water partition coefficient (Wildman–Crippen LogP) is 3.11. The minimum absolute atomic E-state index is 0.102. The van der Waals surface area contributed by atoms with Gasteiger partial charge in [-0.1, -0.05) is 30.3 Å². The van der Waals surface area contributed by atoms with E-state index in [0.717, 1.165) is 12.1 Å². The normalized spacial score (nSPS) is 15.8. The van der Waals surface area contributed by atoms with E-state index in [1.807, 2.05) is 0 Å². The molecule has 37 heavy (non-hydrogen) atoms. The van der Waals surface area contributed by atoms with Crippen LogP contribution in [0.5, 0.6) is 0 Å². The van der Waals surface area contributed by atoms with Gasteiger partial charge in [0.15, 0.2) is 0 Å². The summed E-state index contributed by atoms with van der Waals surface area (Å²) in [6.07, 6.45) is -1.71. The fourth-order valence-electron chi connectivity index (χ4n) is 4.00. The van der Waals surface area contributed by atoms with E-state index in [0.29, 0.717) is 28.6 Å². The molecule has 3 amide bonds. The van der Waals surface area contributed by atoms with Gasteiger partial charge in [-0.05, 0) is 42.8 Å². The van der Waals surface area contributed by atoms with Crippen molar-refractivity contribution in [3.8, 4) is 0 Å². The molecule has 0 saturated heterocycles. The summed E-state index contributed by atoms with van der Waals surface area (Å²) in [5, 5.41) is 4.98. The number of halogens is 3. The standard InChI is InChI=1S/C27H23F3N4O3/c1-15(31-23(35)12-16-10-19(29)14-20(30)11-16)26(36)33-25-27(37)34(2)22-9-4-3-8-21(22)24(32-25)17-6-5-7-18(28)13-17/h3-11,13-15,25H,12H2,1-2H3,(H,31,35)(H,33,36)/t15-,25?/m0/s1. The van der Waals surface area contributed by atoms with Crippen molar-refractivity contribution in [2.45, 2.75) is 25.6 Å². The molecule has 1 unspecified atom stereocenters. The maximum atomic E-state index is 14.0. The Morgan fingerprint density at radius 1 is 0.973 bits per heavy atom. The van der Waals surface area contributed by atoms with Crippen LogP contribution in [-0.4, -0.2) is 42.7 Å². The van der Waals surface area contributed by atoms with Crippen molar-refractivity contribution in [3.05, 3.63) is 101 Å². The first-order chi connectivity index (χ1) is 17.6. The lowest BCUT2D eigenvalue weighted by Gasteiger charge is -2.22. The van der Waals surface area contributed by atoms with E-state index in [1.165, 1.54) is 37.1 Å². The lowest BCUT2D eigenvalue weighted by Crippen LogP contribution is -2.52. The first-order valence-electron chi connectivity index (χ1n) is 11.4. The number of aliphatic imine (C=N–C) groups is 1. The van der Waals surface area contributed by atoms with Gasteiger partial charge in [-0.2, -0.15) is 0 Å². The third kappa shape index (κ3) is 5.85. The molecule has 190 valence electrons. The number of benzodiazepines with no additional fused rings is 1. The molecule has 0 aliphatic carbocycles. The molecule has 1 aliphatic rings. The molecule has 1 heterocycles. The summed E-state index contributed by atoms with van der Waals surface area (Å²) in [4.78, 5) is 44.3. The van der Waals surface area contributed by atoms with Crippen LogP contribution in [0.15, 0.2) is 71.7 Å². The van der Waals surface area contributed by atoms with Crippen LogP contribution >= 0.6 is 0 Å². The number of carbonyl (C=O) groups excluding carboxylic acids is 3. The zero-order chi connectivity index (χ0) is 26.7. The van der Waals surface area contributed by atoms with Gasteiger partial charge in [0.25, 0.3) is 5.91 Å². The number of amides is 3. The summed E-state index contributed by atoms with van der Waals surface area (Å²) in [6, 6.07) is 14.3. The molecule has 2 atom stereocenters. The summed E-state index contributed by atoms with van der Waals surface area (Å²) in [7, 11) is 1.54. The third-order valence-electron chi connectivity index (χ3n) is 5.78. The van der Waals surface area contributed by atoms with E-state index in [-0.39, 0.29) is 12.0 Å². The first-order valence-corrected chi connectivity index (χ1v) is 11.4. The molecule has 0 fully saturated rings. The summed E-state index contributed by atoms with van der Waals surface area (Å²) in [5.41, 5.74) is 1.92. The van der Waals surface area contributed by atoms with Crippen molar-refractivity contribution >= 4 is 29.1 Å². The van der Waals surface area contributed by atoms with E-state index in [4.69, 9.17) is 0 Å². The second-order valence-electron chi connectivity index (χ2n) is 8.56. The van der Waals surface area contributed by atoms with Gasteiger partial charge in [-0.15, -0.1) is 0 Å². The van der Waals surface area contributed by atoms with Gasteiger partial charge in [-0.25, -0.2) is 18.2 Å². The molecule has 3 aromatic carbocycles. The highest BCUT2D eigenvalue weighted by atomic mass is 19.1. The Balaban J connectivity index is 1.55. The van der Waals surface area contributed by atoms with Crippen molar-refractivity contribution in [1.82, 2.24) is 10.6 Å². The molecule has 1 aliphatic heterocycles. The molecular formula is C27H23F3N4O3. The van der Waals surface area contributed by atoms with Gasteiger partial charge in [0.2, 0.25) is 18.0 Å².